The fourth-order valence-corrected chi connectivity index (χ4v) is 4.25. The number of imidazole rings is 1. The number of nitrogens with one attached hydrogen (secondary N) is 1. The van der Waals surface area contributed by atoms with Crippen molar-refractivity contribution >= 4 is 15.9 Å². The number of fused-ring (bicyclic) bond motifs is 1. The third-order valence-corrected chi connectivity index (χ3v) is 6.00. The predicted octanol–water partition coefficient (Wildman–Crippen LogP) is -0.554. The molecule has 23 heavy (non-hydrogen) atoms. The van der Waals surface area contributed by atoms with Crippen molar-refractivity contribution in [3.05, 3.63) is 18.2 Å². The van der Waals surface area contributed by atoms with Gasteiger partial charge in [-0.1, -0.05) is 0 Å². The second kappa shape index (κ2) is 6.21. The number of aromatic nitrogens is 2. The minimum Gasteiger partial charge on any atom is -0.376 e. The van der Waals surface area contributed by atoms with Crippen LogP contribution in [0.25, 0.3) is 0 Å². The van der Waals surface area contributed by atoms with E-state index in [1.54, 1.807) is 24.0 Å². The minimum absolute atomic E-state index is 0.125. The topological polar surface area (TPSA) is 93.5 Å². The number of hydrogen-bond donors (Lipinski definition) is 1. The van der Waals surface area contributed by atoms with E-state index in [4.69, 9.17) is 4.74 Å². The van der Waals surface area contributed by atoms with Crippen molar-refractivity contribution < 1.29 is 17.9 Å². The maximum atomic E-state index is 12.1. The van der Waals surface area contributed by atoms with E-state index in [0.29, 0.717) is 38.0 Å². The molecule has 0 aliphatic carbocycles. The molecular formula is C14H22N4O4S. The quantitative estimate of drug-likeness (QED) is 0.792. The van der Waals surface area contributed by atoms with Gasteiger partial charge < -0.3 is 14.6 Å². The van der Waals surface area contributed by atoms with Crippen molar-refractivity contribution in [3.8, 4) is 0 Å². The number of piperidine rings is 1. The van der Waals surface area contributed by atoms with Crippen molar-refractivity contribution in [3.63, 3.8) is 0 Å². The summed E-state index contributed by atoms with van der Waals surface area (Å²) in [5.74, 6) is 0.587. The number of hydrogen-bond acceptors (Lipinski definition) is 5. The van der Waals surface area contributed by atoms with E-state index < -0.39 is 10.0 Å². The van der Waals surface area contributed by atoms with Gasteiger partial charge in [0.15, 0.2) is 5.82 Å². The van der Waals surface area contributed by atoms with E-state index >= 15 is 0 Å². The van der Waals surface area contributed by atoms with Gasteiger partial charge in [-0.2, -0.15) is 0 Å². The van der Waals surface area contributed by atoms with Gasteiger partial charge in [-0.3, -0.25) is 4.79 Å². The van der Waals surface area contributed by atoms with Crippen molar-refractivity contribution in [2.24, 2.45) is 18.9 Å². The summed E-state index contributed by atoms with van der Waals surface area (Å²) in [6, 6.07) is 0. The number of rotatable bonds is 4. The highest BCUT2D eigenvalue weighted by Crippen LogP contribution is 2.34. The standard InChI is InChI=1S/C14H22N4O4S/c1-17-6-4-15-13(17)14(19)16-7-12-11-8-18(23(2,20)21)5-3-10(11)9-22-12/h4,6,10-12H,3,5,7-9H2,1-2H3,(H,16,19)/t10-,11-,12+/m0/s1. The normalized spacial score (nSPS) is 28.5. The zero-order valence-corrected chi connectivity index (χ0v) is 14.1. The number of nitrogens with zero attached hydrogens (tertiary/aromatic N) is 3. The van der Waals surface area contributed by atoms with E-state index in [9.17, 15) is 13.2 Å². The molecule has 1 aromatic heterocycles. The summed E-state index contributed by atoms with van der Waals surface area (Å²) in [4.78, 5) is 16.1. The fraction of sp³-hybridized carbons (Fsp3) is 0.714. The van der Waals surface area contributed by atoms with Crippen molar-refractivity contribution in [2.45, 2.75) is 12.5 Å². The molecule has 3 rings (SSSR count). The monoisotopic (exact) mass is 342 g/mol. The van der Waals surface area contributed by atoms with Crippen LogP contribution in [0.2, 0.25) is 0 Å². The molecule has 1 amide bonds. The number of amides is 1. The van der Waals surface area contributed by atoms with E-state index in [1.165, 1.54) is 10.6 Å². The van der Waals surface area contributed by atoms with Gasteiger partial charge >= 0.3 is 0 Å². The van der Waals surface area contributed by atoms with Gasteiger partial charge in [0, 0.05) is 45.0 Å². The lowest BCUT2D eigenvalue weighted by Gasteiger charge is -2.34. The molecule has 3 heterocycles. The molecule has 0 unspecified atom stereocenters. The van der Waals surface area contributed by atoms with Gasteiger partial charge in [-0.25, -0.2) is 17.7 Å². The number of carbonyl (C=O) groups is 1. The van der Waals surface area contributed by atoms with Crippen LogP contribution in [0.4, 0.5) is 0 Å². The summed E-state index contributed by atoms with van der Waals surface area (Å²) in [5, 5.41) is 2.84. The molecule has 3 atom stereocenters. The third kappa shape index (κ3) is 3.41. The first kappa shape index (κ1) is 16.4. The maximum absolute atomic E-state index is 12.1. The minimum atomic E-state index is -3.18. The molecule has 0 radical (unpaired) electrons. The molecule has 0 saturated carbocycles. The highest BCUT2D eigenvalue weighted by Gasteiger charge is 2.42. The average molecular weight is 342 g/mol. The number of ether oxygens (including phenoxy) is 1. The van der Waals surface area contributed by atoms with Crippen molar-refractivity contribution in [1.29, 1.82) is 0 Å². The Bertz CT molecular complexity index is 687. The second-order valence-corrected chi connectivity index (χ2v) is 8.26. The Kier molecular flexibility index (Phi) is 4.43. The van der Waals surface area contributed by atoms with Crippen LogP contribution in [0, 0.1) is 11.8 Å². The van der Waals surface area contributed by atoms with Crippen molar-refractivity contribution in [2.75, 3.05) is 32.5 Å². The maximum Gasteiger partial charge on any atom is 0.287 e. The summed E-state index contributed by atoms with van der Waals surface area (Å²) in [7, 11) is -1.42. The van der Waals surface area contributed by atoms with Crippen LogP contribution in [0.15, 0.2) is 12.4 Å². The van der Waals surface area contributed by atoms with Crippen LogP contribution >= 0.6 is 0 Å². The highest BCUT2D eigenvalue weighted by atomic mass is 32.2. The number of aryl methyl sites for hydroxylation is 1. The largest absolute Gasteiger partial charge is 0.376 e. The molecular weight excluding hydrogens is 320 g/mol. The highest BCUT2D eigenvalue weighted by molar-refractivity contribution is 7.88. The van der Waals surface area contributed by atoms with Crippen molar-refractivity contribution in [1.82, 2.24) is 19.2 Å². The lowest BCUT2D eigenvalue weighted by molar-refractivity contribution is 0.0744. The van der Waals surface area contributed by atoms with Crippen LogP contribution in [0.5, 0.6) is 0 Å². The molecule has 2 aliphatic rings. The summed E-state index contributed by atoms with van der Waals surface area (Å²) in [5.41, 5.74) is 0. The first-order valence-electron chi connectivity index (χ1n) is 7.68. The Morgan fingerprint density at radius 3 is 2.96 bits per heavy atom. The number of sulfonamides is 1. The smallest absolute Gasteiger partial charge is 0.287 e. The molecule has 1 aromatic rings. The van der Waals surface area contributed by atoms with E-state index in [-0.39, 0.29) is 17.9 Å². The van der Waals surface area contributed by atoms with Crippen LogP contribution in [0.3, 0.4) is 0 Å². The molecule has 8 nitrogen and oxygen atoms in total. The zero-order valence-electron chi connectivity index (χ0n) is 13.3. The third-order valence-electron chi connectivity index (χ3n) is 4.73. The molecule has 1 N–H and O–H groups in total. The summed E-state index contributed by atoms with van der Waals surface area (Å²) >= 11 is 0. The Balaban J connectivity index is 1.60. The van der Waals surface area contributed by atoms with Gasteiger partial charge in [-0.15, -0.1) is 0 Å². The summed E-state index contributed by atoms with van der Waals surface area (Å²) < 4.78 is 32.4. The van der Waals surface area contributed by atoms with Gasteiger partial charge in [0.25, 0.3) is 5.91 Å². The first-order chi connectivity index (χ1) is 10.9. The Morgan fingerprint density at radius 2 is 2.30 bits per heavy atom. The first-order valence-corrected chi connectivity index (χ1v) is 9.53. The Morgan fingerprint density at radius 1 is 1.52 bits per heavy atom. The van der Waals surface area contributed by atoms with E-state index in [2.05, 4.69) is 10.3 Å². The lowest BCUT2D eigenvalue weighted by atomic mass is 9.85. The molecule has 2 aliphatic heterocycles. The lowest BCUT2D eigenvalue weighted by Crippen LogP contribution is -2.47. The zero-order chi connectivity index (χ0) is 16.6. The van der Waals surface area contributed by atoms with Crippen LogP contribution in [-0.4, -0.2) is 66.8 Å². The molecule has 0 aromatic carbocycles. The van der Waals surface area contributed by atoms with Gasteiger partial charge in [-0.05, 0) is 12.3 Å². The van der Waals surface area contributed by atoms with Crippen LogP contribution < -0.4 is 5.32 Å². The predicted molar refractivity (Wildman–Crippen MR) is 83.3 cm³/mol. The molecule has 2 saturated heterocycles. The van der Waals surface area contributed by atoms with E-state index in [0.717, 1.165) is 6.42 Å². The van der Waals surface area contributed by atoms with Gasteiger partial charge in [0.05, 0.1) is 19.0 Å². The second-order valence-electron chi connectivity index (χ2n) is 6.28. The Labute approximate surface area is 135 Å². The molecule has 2 fully saturated rings. The summed E-state index contributed by atoms with van der Waals surface area (Å²) in [6.45, 7) is 2.01. The average Bonchev–Trinajstić information content (AvgIpc) is 3.09. The van der Waals surface area contributed by atoms with E-state index in [1.807, 2.05) is 0 Å². The summed E-state index contributed by atoms with van der Waals surface area (Å²) in [6.07, 6.45) is 5.17. The molecule has 0 spiro atoms. The SMILES string of the molecule is Cn1ccnc1C(=O)NC[C@H]1OC[C@@H]2CCN(S(C)(=O)=O)C[C@@H]21. The molecule has 128 valence electrons. The van der Waals surface area contributed by atoms with Gasteiger partial charge in [0.1, 0.15) is 0 Å². The number of carbonyl (C=O) groups excluding carboxylic acids is 1. The van der Waals surface area contributed by atoms with Crippen LogP contribution in [0.1, 0.15) is 17.0 Å². The van der Waals surface area contributed by atoms with Gasteiger partial charge in [0.2, 0.25) is 10.0 Å². The van der Waals surface area contributed by atoms with Crippen LogP contribution in [-0.2, 0) is 21.8 Å². The fourth-order valence-electron chi connectivity index (χ4n) is 3.37. The molecule has 9 heteroatoms. The Hall–Kier alpha value is -1.45. The molecule has 0 bridgehead atoms.